The third-order valence-corrected chi connectivity index (χ3v) is 6.19. The molecule has 1 unspecified atom stereocenters. The largest absolute Gasteiger partial charge is 0.497 e. The SMILES string of the molecule is COc1ccc(CN(C(=O)c2cccc(S(C)(=O)=O)c2)C(C)C2CC2)cc1. The lowest BCUT2D eigenvalue weighted by atomic mass is 10.1. The van der Waals surface area contributed by atoms with Gasteiger partial charge in [0.2, 0.25) is 0 Å². The number of benzene rings is 2. The molecule has 0 aromatic heterocycles. The summed E-state index contributed by atoms with van der Waals surface area (Å²) in [5, 5.41) is 0. The summed E-state index contributed by atoms with van der Waals surface area (Å²) in [6.45, 7) is 2.54. The average Bonchev–Trinajstić information content (AvgIpc) is 3.50. The van der Waals surface area contributed by atoms with E-state index in [1.54, 1.807) is 19.2 Å². The van der Waals surface area contributed by atoms with Crippen molar-refractivity contribution in [3.8, 4) is 5.75 Å². The quantitative estimate of drug-likeness (QED) is 0.729. The van der Waals surface area contributed by atoms with Crippen LogP contribution in [-0.4, -0.2) is 38.6 Å². The van der Waals surface area contributed by atoms with Gasteiger partial charge in [0.05, 0.1) is 12.0 Å². The van der Waals surface area contributed by atoms with Crippen LogP contribution in [0, 0.1) is 5.92 Å². The Balaban J connectivity index is 1.89. The first-order valence-electron chi connectivity index (χ1n) is 9.03. The van der Waals surface area contributed by atoms with Crippen LogP contribution in [0.15, 0.2) is 53.4 Å². The monoisotopic (exact) mass is 387 g/mol. The number of amides is 1. The number of ether oxygens (including phenoxy) is 1. The number of carbonyl (C=O) groups excluding carboxylic acids is 1. The molecule has 1 fully saturated rings. The summed E-state index contributed by atoms with van der Waals surface area (Å²) in [6, 6.07) is 14.0. The predicted octanol–water partition coefficient (Wildman–Crippen LogP) is 3.54. The molecular formula is C21H25NO4S. The molecule has 6 heteroatoms. The summed E-state index contributed by atoms with van der Waals surface area (Å²) in [5.74, 6) is 1.13. The maximum absolute atomic E-state index is 13.2. The lowest BCUT2D eigenvalue weighted by Crippen LogP contribution is -2.39. The summed E-state index contributed by atoms with van der Waals surface area (Å²) in [4.78, 5) is 15.2. The van der Waals surface area contributed by atoms with Gasteiger partial charge in [0, 0.05) is 24.4 Å². The average molecular weight is 388 g/mol. The van der Waals surface area contributed by atoms with E-state index in [0.717, 1.165) is 30.4 Å². The Morgan fingerprint density at radius 1 is 1.19 bits per heavy atom. The van der Waals surface area contributed by atoms with Gasteiger partial charge >= 0.3 is 0 Å². The topological polar surface area (TPSA) is 63.7 Å². The van der Waals surface area contributed by atoms with Crippen molar-refractivity contribution < 1.29 is 17.9 Å². The van der Waals surface area contributed by atoms with Crippen LogP contribution in [-0.2, 0) is 16.4 Å². The van der Waals surface area contributed by atoms with Gasteiger partial charge in [0.15, 0.2) is 9.84 Å². The summed E-state index contributed by atoms with van der Waals surface area (Å²) in [7, 11) is -1.74. The van der Waals surface area contributed by atoms with Crippen LogP contribution < -0.4 is 4.74 Å². The highest BCUT2D eigenvalue weighted by Crippen LogP contribution is 2.36. The Kier molecular flexibility index (Phi) is 5.56. The van der Waals surface area contributed by atoms with Gasteiger partial charge in [-0.05, 0) is 61.6 Å². The van der Waals surface area contributed by atoms with Crippen molar-refractivity contribution in [1.82, 2.24) is 4.90 Å². The number of rotatable bonds is 7. The van der Waals surface area contributed by atoms with E-state index < -0.39 is 9.84 Å². The van der Waals surface area contributed by atoms with Gasteiger partial charge in [-0.1, -0.05) is 18.2 Å². The number of hydrogen-bond donors (Lipinski definition) is 0. The van der Waals surface area contributed by atoms with Crippen LogP contribution in [0.1, 0.15) is 35.7 Å². The highest BCUT2D eigenvalue weighted by Gasteiger charge is 2.34. The molecule has 1 atom stereocenters. The smallest absolute Gasteiger partial charge is 0.254 e. The molecule has 144 valence electrons. The highest BCUT2D eigenvalue weighted by molar-refractivity contribution is 7.90. The van der Waals surface area contributed by atoms with Crippen LogP contribution in [0.3, 0.4) is 0 Å². The van der Waals surface area contributed by atoms with Crippen molar-refractivity contribution in [2.45, 2.75) is 37.2 Å². The zero-order chi connectivity index (χ0) is 19.6. The van der Waals surface area contributed by atoms with Gasteiger partial charge in [-0.25, -0.2) is 8.42 Å². The molecule has 1 amide bonds. The van der Waals surface area contributed by atoms with Crippen molar-refractivity contribution in [3.05, 3.63) is 59.7 Å². The molecule has 1 saturated carbocycles. The molecule has 0 spiro atoms. The fourth-order valence-electron chi connectivity index (χ4n) is 3.19. The van der Waals surface area contributed by atoms with E-state index in [4.69, 9.17) is 4.74 Å². The molecule has 3 rings (SSSR count). The minimum absolute atomic E-state index is 0.0986. The number of nitrogens with zero attached hydrogens (tertiary/aromatic N) is 1. The van der Waals surface area contributed by atoms with Gasteiger partial charge < -0.3 is 9.64 Å². The zero-order valence-corrected chi connectivity index (χ0v) is 16.7. The number of methoxy groups -OCH3 is 1. The maximum atomic E-state index is 13.2. The third-order valence-electron chi connectivity index (χ3n) is 5.08. The van der Waals surface area contributed by atoms with Crippen molar-refractivity contribution >= 4 is 15.7 Å². The first-order chi connectivity index (χ1) is 12.8. The van der Waals surface area contributed by atoms with E-state index in [9.17, 15) is 13.2 Å². The second kappa shape index (κ2) is 7.72. The van der Waals surface area contributed by atoms with Gasteiger partial charge in [0.25, 0.3) is 5.91 Å². The molecule has 2 aromatic carbocycles. The Morgan fingerprint density at radius 3 is 2.41 bits per heavy atom. The molecule has 0 radical (unpaired) electrons. The van der Waals surface area contributed by atoms with E-state index in [-0.39, 0.29) is 16.8 Å². The van der Waals surface area contributed by atoms with Gasteiger partial charge in [-0.15, -0.1) is 0 Å². The van der Waals surface area contributed by atoms with E-state index in [2.05, 4.69) is 6.92 Å². The first kappa shape index (κ1) is 19.4. The fraction of sp³-hybridized carbons (Fsp3) is 0.381. The van der Waals surface area contributed by atoms with Crippen molar-refractivity contribution in [2.24, 2.45) is 5.92 Å². The first-order valence-corrected chi connectivity index (χ1v) is 10.9. The molecule has 0 bridgehead atoms. The summed E-state index contributed by atoms with van der Waals surface area (Å²) < 4.78 is 28.9. The molecule has 2 aromatic rings. The molecule has 5 nitrogen and oxygen atoms in total. The molecule has 1 aliphatic carbocycles. The second-order valence-corrected chi connectivity index (χ2v) is 9.17. The van der Waals surface area contributed by atoms with Crippen LogP contribution >= 0.6 is 0 Å². The predicted molar refractivity (Wildman–Crippen MR) is 105 cm³/mol. The second-order valence-electron chi connectivity index (χ2n) is 7.16. The van der Waals surface area contributed by atoms with Crippen molar-refractivity contribution in [3.63, 3.8) is 0 Å². The van der Waals surface area contributed by atoms with Gasteiger partial charge in [-0.3, -0.25) is 4.79 Å². The molecule has 0 N–H and O–H groups in total. The van der Waals surface area contributed by atoms with E-state index in [1.165, 1.54) is 12.1 Å². The van der Waals surface area contributed by atoms with E-state index in [0.29, 0.717) is 18.0 Å². The molecule has 0 saturated heterocycles. The van der Waals surface area contributed by atoms with Crippen molar-refractivity contribution in [2.75, 3.05) is 13.4 Å². The van der Waals surface area contributed by atoms with Crippen molar-refractivity contribution in [1.29, 1.82) is 0 Å². The highest BCUT2D eigenvalue weighted by atomic mass is 32.2. The van der Waals surface area contributed by atoms with E-state index in [1.807, 2.05) is 29.2 Å². The maximum Gasteiger partial charge on any atom is 0.254 e. The van der Waals surface area contributed by atoms with Crippen LogP contribution in [0.2, 0.25) is 0 Å². The lowest BCUT2D eigenvalue weighted by molar-refractivity contribution is 0.0654. The molecule has 0 aliphatic heterocycles. The molecular weight excluding hydrogens is 362 g/mol. The van der Waals surface area contributed by atoms with Crippen LogP contribution in [0.5, 0.6) is 5.75 Å². The Bertz CT molecular complexity index is 917. The number of hydrogen-bond acceptors (Lipinski definition) is 4. The fourth-order valence-corrected chi connectivity index (χ4v) is 3.85. The summed E-state index contributed by atoms with van der Waals surface area (Å²) in [6.07, 6.45) is 3.40. The number of sulfone groups is 1. The zero-order valence-electron chi connectivity index (χ0n) is 15.9. The van der Waals surface area contributed by atoms with Gasteiger partial charge in [0.1, 0.15) is 5.75 Å². The lowest BCUT2D eigenvalue weighted by Gasteiger charge is -2.30. The van der Waals surface area contributed by atoms with Gasteiger partial charge in [-0.2, -0.15) is 0 Å². The van der Waals surface area contributed by atoms with Crippen LogP contribution in [0.25, 0.3) is 0 Å². The molecule has 0 heterocycles. The van der Waals surface area contributed by atoms with E-state index >= 15 is 0 Å². The molecule has 1 aliphatic rings. The normalized spacial score (nSPS) is 15.2. The summed E-state index contributed by atoms with van der Waals surface area (Å²) >= 11 is 0. The summed E-state index contributed by atoms with van der Waals surface area (Å²) in [5.41, 5.74) is 1.41. The Hall–Kier alpha value is -2.34. The minimum Gasteiger partial charge on any atom is -0.497 e. The Labute approximate surface area is 160 Å². The third kappa shape index (κ3) is 4.69. The minimum atomic E-state index is -3.36. The standard InChI is InChI=1S/C21H25NO4S/c1-15(17-9-10-17)22(14-16-7-11-19(26-2)12-8-16)21(23)18-5-4-6-20(13-18)27(3,24)25/h4-8,11-13,15,17H,9-10,14H2,1-3H3. The van der Waals surface area contributed by atoms with Crippen LogP contribution in [0.4, 0.5) is 0 Å². The molecule has 27 heavy (non-hydrogen) atoms. The Morgan fingerprint density at radius 2 is 1.85 bits per heavy atom. The number of carbonyl (C=O) groups is 1.